The molecule has 0 radical (unpaired) electrons. The second-order valence-electron chi connectivity index (χ2n) is 7.75. The van der Waals surface area contributed by atoms with Crippen LogP contribution in [0.4, 0.5) is 0 Å². The number of aryl methyl sites for hydroxylation is 1. The molecule has 0 aliphatic carbocycles. The highest BCUT2D eigenvalue weighted by Crippen LogP contribution is 2.42. The maximum atomic E-state index is 12.7. The summed E-state index contributed by atoms with van der Waals surface area (Å²) < 4.78 is 0. The first-order chi connectivity index (χ1) is 13.1. The number of rotatable bonds is 5. The molecule has 0 aromatic carbocycles. The van der Waals surface area contributed by atoms with Crippen LogP contribution in [0.5, 0.6) is 0 Å². The van der Waals surface area contributed by atoms with Gasteiger partial charge in [0.05, 0.1) is 24.0 Å². The molecule has 146 valence electrons. The van der Waals surface area contributed by atoms with E-state index in [9.17, 15) is 4.79 Å². The number of hydrogen-bond acceptors (Lipinski definition) is 5. The summed E-state index contributed by atoms with van der Waals surface area (Å²) in [5.74, 6) is 1.44. The first-order valence-corrected chi connectivity index (χ1v) is 10.1. The van der Waals surface area contributed by atoms with Crippen molar-refractivity contribution in [3.8, 4) is 0 Å². The van der Waals surface area contributed by atoms with Crippen molar-refractivity contribution < 1.29 is 4.79 Å². The van der Waals surface area contributed by atoms with E-state index >= 15 is 0 Å². The zero-order valence-corrected chi connectivity index (χ0v) is 16.3. The molecule has 1 saturated heterocycles. The lowest BCUT2D eigenvalue weighted by Gasteiger charge is -2.50. The summed E-state index contributed by atoms with van der Waals surface area (Å²) in [6.07, 6.45) is 7.41. The lowest BCUT2D eigenvalue weighted by atomic mass is 9.78. The molecule has 27 heavy (non-hydrogen) atoms. The van der Waals surface area contributed by atoms with Gasteiger partial charge >= 0.3 is 0 Å². The third kappa shape index (κ3) is 3.38. The van der Waals surface area contributed by atoms with Crippen LogP contribution in [-0.4, -0.2) is 67.0 Å². The SMILES string of the molecule is CCCCN1CCc2[nH]cnc2C12CCN(C(=O)Cc1n[nH]c(C)n1)CC2. The van der Waals surface area contributed by atoms with E-state index in [0.29, 0.717) is 5.82 Å². The molecule has 0 unspecified atom stereocenters. The number of aromatic amines is 2. The highest BCUT2D eigenvalue weighted by molar-refractivity contribution is 5.78. The molecule has 8 heteroatoms. The van der Waals surface area contributed by atoms with Crippen molar-refractivity contribution in [2.45, 2.75) is 57.9 Å². The standard InChI is InChI=1S/C19H29N7O/c1-3-4-8-26-9-5-15-18(21-13-20-15)19(26)6-10-25(11-7-19)17(27)12-16-22-14(2)23-24-16/h13H,3-12H2,1-2H3,(H,20,21)(H,22,23,24). The predicted octanol–water partition coefficient (Wildman–Crippen LogP) is 1.55. The van der Waals surface area contributed by atoms with E-state index in [1.807, 2.05) is 18.2 Å². The van der Waals surface area contributed by atoms with Crippen LogP contribution >= 0.6 is 0 Å². The number of carbonyl (C=O) groups is 1. The van der Waals surface area contributed by atoms with Crippen molar-refractivity contribution >= 4 is 5.91 Å². The van der Waals surface area contributed by atoms with Gasteiger partial charge in [0.2, 0.25) is 5.91 Å². The highest BCUT2D eigenvalue weighted by atomic mass is 16.2. The van der Waals surface area contributed by atoms with Crippen molar-refractivity contribution in [3.63, 3.8) is 0 Å². The molecule has 1 amide bonds. The van der Waals surface area contributed by atoms with Gasteiger partial charge in [0.15, 0.2) is 5.82 Å². The van der Waals surface area contributed by atoms with Crippen LogP contribution in [0.2, 0.25) is 0 Å². The number of likely N-dealkylation sites (tertiary alicyclic amines) is 1. The third-order valence-corrected chi connectivity index (χ3v) is 6.07. The third-order valence-electron chi connectivity index (χ3n) is 6.07. The number of aromatic nitrogens is 5. The molecule has 2 aromatic heterocycles. The van der Waals surface area contributed by atoms with Crippen LogP contribution in [0.25, 0.3) is 0 Å². The number of hydrogen-bond donors (Lipinski definition) is 2. The number of H-pyrrole nitrogens is 2. The Morgan fingerprint density at radius 3 is 2.81 bits per heavy atom. The first-order valence-electron chi connectivity index (χ1n) is 10.1. The van der Waals surface area contributed by atoms with Crippen molar-refractivity contribution in [2.24, 2.45) is 0 Å². The number of unbranched alkanes of at least 4 members (excludes halogenated alkanes) is 1. The number of nitrogens with zero attached hydrogens (tertiary/aromatic N) is 5. The normalized spacial score (nSPS) is 19.4. The van der Waals surface area contributed by atoms with Gasteiger partial charge in [-0.05, 0) is 32.7 Å². The molecule has 2 aliphatic heterocycles. The van der Waals surface area contributed by atoms with E-state index in [1.54, 1.807) is 0 Å². The number of fused-ring (bicyclic) bond motifs is 2. The van der Waals surface area contributed by atoms with E-state index in [-0.39, 0.29) is 17.9 Å². The van der Waals surface area contributed by atoms with Crippen LogP contribution in [0, 0.1) is 6.92 Å². The summed E-state index contributed by atoms with van der Waals surface area (Å²) in [7, 11) is 0. The van der Waals surface area contributed by atoms with Crippen molar-refractivity contribution in [2.75, 3.05) is 26.2 Å². The maximum Gasteiger partial charge on any atom is 0.230 e. The molecule has 0 atom stereocenters. The molecule has 8 nitrogen and oxygen atoms in total. The van der Waals surface area contributed by atoms with Crippen LogP contribution in [0.1, 0.15) is 55.6 Å². The molecule has 4 heterocycles. The summed E-state index contributed by atoms with van der Waals surface area (Å²) in [6.45, 7) is 7.78. The Bertz CT molecular complexity index is 788. The number of amides is 1. The van der Waals surface area contributed by atoms with Crippen molar-refractivity contribution in [1.82, 2.24) is 34.9 Å². The quantitative estimate of drug-likeness (QED) is 0.832. The number of imidazole rings is 1. The molecule has 1 fully saturated rings. The summed E-state index contributed by atoms with van der Waals surface area (Å²) in [4.78, 5) is 29.6. The predicted molar refractivity (Wildman–Crippen MR) is 101 cm³/mol. The van der Waals surface area contributed by atoms with Gasteiger partial charge < -0.3 is 9.88 Å². The molecule has 2 aromatic rings. The zero-order chi connectivity index (χ0) is 18.9. The van der Waals surface area contributed by atoms with E-state index in [2.05, 4.69) is 32.0 Å². The topological polar surface area (TPSA) is 93.8 Å². The van der Waals surface area contributed by atoms with Gasteiger partial charge in [0, 0.05) is 31.7 Å². The van der Waals surface area contributed by atoms with Gasteiger partial charge in [-0.2, -0.15) is 5.10 Å². The fourth-order valence-corrected chi connectivity index (χ4v) is 4.59. The average molecular weight is 371 g/mol. The highest BCUT2D eigenvalue weighted by Gasteiger charge is 2.46. The Morgan fingerprint density at radius 2 is 2.11 bits per heavy atom. The van der Waals surface area contributed by atoms with Gasteiger partial charge in [-0.3, -0.25) is 14.8 Å². The zero-order valence-electron chi connectivity index (χ0n) is 16.3. The van der Waals surface area contributed by atoms with Crippen LogP contribution in [0.15, 0.2) is 6.33 Å². The number of piperidine rings is 1. The molecular weight excluding hydrogens is 342 g/mol. The monoisotopic (exact) mass is 371 g/mol. The Balaban J connectivity index is 1.47. The van der Waals surface area contributed by atoms with E-state index in [1.165, 1.54) is 24.2 Å². The second kappa shape index (κ2) is 7.42. The Labute approximate surface area is 159 Å². The average Bonchev–Trinajstić information content (AvgIpc) is 3.31. The van der Waals surface area contributed by atoms with Gasteiger partial charge in [0.1, 0.15) is 5.82 Å². The van der Waals surface area contributed by atoms with E-state index in [4.69, 9.17) is 4.98 Å². The second-order valence-corrected chi connectivity index (χ2v) is 7.75. The van der Waals surface area contributed by atoms with E-state index < -0.39 is 0 Å². The molecule has 2 aliphatic rings. The molecule has 0 saturated carbocycles. The Hall–Kier alpha value is -2.22. The minimum atomic E-state index is -0.0271. The first kappa shape index (κ1) is 18.2. The minimum absolute atomic E-state index is 0.0271. The van der Waals surface area contributed by atoms with Crippen LogP contribution in [-0.2, 0) is 23.2 Å². The maximum absolute atomic E-state index is 12.7. The molecule has 4 rings (SSSR count). The lowest BCUT2D eigenvalue weighted by Crippen LogP contribution is -2.57. The smallest absolute Gasteiger partial charge is 0.230 e. The van der Waals surface area contributed by atoms with Gasteiger partial charge in [-0.25, -0.2) is 9.97 Å². The van der Waals surface area contributed by atoms with E-state index in [0.717, 1.165) is 51.3 Å². The fraction of sp³-hybridized carbons (Fsp3) is 0.684. The fourth-order valence-electron chi connectivity index (χ4n) is 4.59. The number of carbonyl (C=O) groups excluding carboxylic acids is 1. The van der Waals surface area contributed by atoms with Crippen LogP contribution in [0.3, 0.4) is 0 Å². The molecule has 2 N–H and O–H groups in total. The van der Waals surface area contributed by atoms with Crippen molar-refractivity contribution in [1.29, 1.82) is 0 Å². The summed E-state index contributed by atoms with van der Waals surface area (Å²) in [6, 6.07) is 0. The summed E-state index contributed by atoms with van der Waals surface area (Å²) in [5, 5.41) is 6.90. The van der Waals surface area contributed by atoms with Crippen LogP contribution < -0.4 is 0 Å². The largest absolute Gasteiger partial charge is 0.348 e. The van der Waals surface area contributed by atoms with Gasteiger partial charge in [-0.1, -0.05) is 13.3 Å². The Morgan fingerprint density at radius 1 is 1.30 bits per heavy atom. The molecule has 0 bridgehead atoms. The summed E-state index contributed by atoms with van der Waals surface area (Å²) in [5.41, 5.74) is 2.46. The van der Waals surface area contributed by atoms with Gasteiger partial charge in [0.25, 0.3) is 0 Å². The van der Waals surface area contributed by atoms with Gasteiger partial charge in [-0.15, -0.1) is 0 Å². The van der Waals surface area contributed by atoms with Crippen molar-refractivity contribution in [3.05, 3.63) is 29.4 Å². The molecule has 1 spiro atoms. The minimum Gasteiger partial charge on any atom is -0.348 e. The lowest BCUT2D eigenvalue weighted by molar-refractivity contribution is -0.134. The number of nitrogens with one attached hydrogen (secondary N) is 2. The molecular formula is C19H29N7O. The summed E-state index contributed by atoms with van der Waals surface area (Å²) >= 11 is 0. The Kier molecular flexibility index (Phi) is 4.99.